The van der Waals surface area contributed by atoms with Crippen molar-refractivity contribution < 1.29 is 19.4 Å². The van der Waals surface area contributed by atoms with Gasteiger partial charge in [-0.2, -0.15) is 0 Å². The summed E-state index contributed by atoms with van der Waals surface area (Å²) in [6.07, 6.45) is -0.706. The van der Waals surface area contributed by atoms with Crippen molar-refractivity contribution in [3.8, 4) is 0 Å². The van der Waals surface area contributed by atoms with E-state index in [1.807, 2.05) is 19.1 Å². The van der Waals surface area contributed by atoms with E-state index in [-0.39, 0.29) is 6.61 Å². The van der Waals surface area contributed by atoms with E-state index in [9.17, 15) is 9.59 Å². The van der Waals surface area contributed by atoms with Crippen LogP contribution in [0.25, 0.3) is 0 Å². The van der Waals surface area contributed by atoms with Gasteiger partial charge >= 0.3 is 12.1 Å². The van der Waals surface area contributed by atoms with E-state index in [2.05, 4.69) is 10.1 Å². The fraction of sp³-hybridized carbons (Fsp3) is 0.385. The lowest BCUT2D eigenvalue weighted by atomic mass is 10.2. The highest BCUT2D eigenvalue weighted by Gasteiger charge is 2.13. The molecule has 0 aromatic heterocycles. The number of aliphatic carboxylic acids is 1. The van der Waals surface area contributed by atoms with E-state index >= 15 is 0 Å². The summed E-state index contributed by atoms with van der Waals surface area (Å²) in [4.78, 5) is 20.7. The normalized spacial score (nSPS) is 10.8. The van der Waals surface area contributed by atoms with Gasteiger partial charge in [-0.05, 0) is 38.5 Å². The van der Waals surface area contributed by atoms with Gasteiger partial charge in [0.2, 0.25) is 0 Å². The highest BCUT2D eigenvalue weighted by molar-refractivity contribution is 6.35. The van der Waals surface area contributed by atoms with E-state index in [0.29, 0.717) is 5.02 Å². The predicted molar refractivity (Wildman–Crippen MR) is 78.5 cm³/mol. The van der Waals surface area contributed by atoms with Crippen LogP contribution in [0, 0.1) is 6.92 Å². The quantitative estimate of drug-likeness (QED) is 0.893. The number of aryl methyl sites for hydroxylation is 1. The van der Waals surface area contributed by atoms with Gasteiger partial charge in [-0.25, -0.2) is 4.79 Å². The van der Waals surface area contributed by atoms with Gasteiger partial charge in [0.1, 0.15) is 6.04 Å². The molecule has 7 heteroatoms. The first-order valence-electron chi connectivity index (χ1n) is 5.85. The van der Waals surface area contributed by atoms with Crippen LogP contribution in [-0.4, -0.2) is 29.8 Å². The molecule has 1 rings (SSSR count). The van der Waals surface area contributed by atoms with Gasteiger partial charge in [-0.3, -0.25) is 4.79 Å². The van der Waals surface area contributed by atoms with Gasteiger partial charge in [0.25, 0.3) is 0 Å². The van der Waals surface area contributed by atoms with E-state index in [1.165, 1.54) is 6.92 Å². The molecule has 0 heterocycles. The zero-order valence-corrected chi connectivity index (χ0v) is 13.0. The Morgan fingerprint density at radius 3 is 2.40 bits per heavy atom. The fourth-order valence-electron chi connectivity index (χ4n) is 0.979. The molecule has 20 heavy (non-hydrogen) atoms. The van der Waals surface area contributed by atoms with Crippen molar-refractivity contribution in [2.75, 3.05) is 6.61 Å². The number of carbonyl (C=O) groups is 2. The number of nitrogens with one attached hydrogen (secondary N) is 1. The standard InChI is InChI=1S/C7H6Cl2.C6H11NO4/c1-5-2-3-6(8)4-7(5)9;1-3-11-6(10)7-4(2)5(8)9/h2-4H,1H3;4H,3H2,1-2H3,(H,7,10)(H,8,9). The second-order valence-electron chi connectivity index (χ2n) is 3.82. The van der Waals surface area contributed by atoms with Crippen LogP contribution in [0.3, 0.4) is 0 Å². The number of carboxylic acids is 1. The van der Waals surface area contributed by atoms with Gasteiger partial charge in [0.05, 0.1) is 6.61 Å². The molecule has 0 spiro atoms. The minimum atomic E-state index is -1.09. The van der Waals surface area contributed by atoms with Crippen LogP contribution in [0.4, 0.5) is 4.79 Å². The SMILES string of the molecule is CCOC(=O)NC(C)C(=O)O.Cc1ccc(Cl)cc1Cl. The van der Waals surface area contributed by atoms with E-state index in [0.717, 1.165) is 10.6 Å². The number of hydrogen-bond donors (Lipinski definition) is 2. The summed E-state index contributed by atoms with van der Waals surface area (Å²) in [5, 5.41) is 11.9. The number of benzene rings is 1. The van der Waals surface area contributed by atoms with Crippen molar-refractivity contribution in [3.05, 3.63) is 33.8 Å². The summed E-state index contributed by atoms with van der Waals surface area (Å²) in [5.41, 5.74) is 1.06. The Kier molecular flexibility index (Phi) is 8.76. The highest BCUT2D eigenvalue weighted by Crippen LogP contribution is 2.19. The predicted octanol–water partition coefficient (Wildman–Crippen LogP) is 3.51. The summed E-state index contributed by atoms with van der Waals surface area (Å²) < 4.78 is 4.45. The van der Waals surface area contributed by atoms with Gasteiger partial charge in [-0.15, -0.1) is 0 Å². The van der Waals surface area contributed by atoms with Crippen LogP contribution in [0.2, 0.25) is 10.0 Å². The Morgan fingerprint density at radius 2 is 2.00 bits per heavy atom. The van der Waals surface area contributed by atoms with E-state index in [1.54, 1.807) is 13.0 Å². The van der Waals surface area contributed by atoms with Gasteiger partial charge in [0.15, 0.2) is 0 Å². The fourth-order valence-corrected chi connectivity index (χ4v) is 1.39. The summed E-state index contributed by atoms with van der Waals surface area (Å²) in [6, 6.07) is 4.54. The second kappa shape index (κ2) is 9.44. The average molecular weight is 322 g/mol. The maximum absolute atomic E-state index is 10.6. The number of rotatable bonds is 3. The van der Waals surface area contributed by atoms with Crippen molar-refractivity contribution >= 4 is 35.3 Å². The Labute approximate surface area is 127 Å². The lowest BCUT2D eigenvalue weighted by Crippen LogP contribution is -2.38. The number of carboxylic acid groups (broad SMARTS) is 1. The third-order valence-corrected chi connectivity index (χ3v) is 2.76. The minimum absolute atomic E-state index is 0.234. The number of carbonyl (C=O) groups excluding carboxylic acids is 1. The lowest BCUT2D eigenvalue weighted by molar-refractivity contribution is -0.138. The number of hydrogen-bond acceptors (Lipinski definition) is 3. The van der Waals surface area contributed by atoms with E-state index < -0.39 is 18.1 Å². The first kappa shape index (κ1) is 18.5. The maximum Gasteiger partial charge on any atom is 0.407 e. The van der Waals surface area contributed by atoms with Crippen LogP contribution in [0.1, 0.15) is 19.4 Å². The Balaban J connectivity index is 0.000000367. The molecular formula is C13H17Cl2NO4. The van der Waals surface area contributed by atoms with Crippen molar-refractivity contribution in [2.45, 2.75) is 26.8 Å². The van der Waals surface area contributed by atoms with Crippen LogP contribution in [0.15, 0.2) is 18.2 Å². The summed E-state index contributed by atoms with van der Waals surface area (Å²) in [6.45, 7) is 5.18. The van der Waals surface area contributed by atoms with Gasteiger partial charge in [-0.1, -0.05) is 29.3 Å². The summed E-state index contributed by atoms with van der Waals surface area (Å²) in [5.74, 6) is -1.09. The van der Waals surface area contributed by atoms with Crippen LogP contribution >= 0.6 is 23.2 Å². The van der Waals surface area contributed by atoms with Crippen molar-refractivity contribution in [3.63, 3.8) is 0 Å². The smallest absolute Gasteiger partial charge is 0.407 e. The monoisotopic (exact) mass is 321 g/mol. The maximum atomic E-state index is 10.6. The Morgan fingerprint density at radius 1 is 1.40 bits per heavy atom. The molecule has 0 radical (unpaired) electrons. The molecule has 0 saturated heterocycles. The summed E-state index contributed by atoms with van der Waals surface area (Å²) >= 11 is 11.4. The molecule has 1 atom stereocenters. The van der Waals surface area contributed by atoms with Crippen LogP contribution < -0.4 is 5.32 Å². The zero-order chi connectivity index (χ0) is 15.7. The van der Waals surface area contributed by atoms with Crippen LogP contribution in [-0.2, 0) is 9.53 Å². The number of halogens is 2. The summed E-state index contributed by atoms with van der Waals surface area (Å²) in [7, 11) is 0. The molecular weight excluding hydrogens is 305 g/mol. The topological polar surface area (TPSA) is 75.6 Å². The molecule has 0 saturated carbocycles. The average Bonchev–Trinajstić information content (AvgIpc) is 2.35. The molecule has 1 unspecified atom stereocenters. The minimum Gasteiger partial charge on any atom is -0.480 e. The third-order valence-electron chi connectivity index (χ3n) is 2.11. The molecule has 2 N–H and O–H groups in total. The molecule has 1 aromatic rings. The van der Waals surface area contributed by atoms with Crippen molar-refractivity contribution in [1.29, 1.82) is 0 Å². The largest absolute Gasteiger partial charge is 0.480 e. The molecule has 0 bridgehead atoms. The van der Waals surface area contributed by atoms with Crippen molar-refractivity contribution in [2.24, 2.45) is 0 Å². The number of ether oxygens (including phenoxy) is 1. The molecule has 0 fully saturated rings. The molecule has 112 valence electrons. The number of alkyl carbamates (subject to hydrolysis) is 1. The van der Waals surface area contributed by atoms with Crippen molar-refractivity contribution in [1.82, 2.24) is 5.32 Å². The van der Waals surface area contributed by atoms with Gasteiger partial charge < -0.3 is 15.2 Å². The molecule has 1 aromatic carbocycles. The van der Waals surface area contributed by atoms with E-state index in [4.69, 9.17) is 28.3 Å². The van der Waals surface area contributed by atoms with Gasteiger partial charge in [0, 0.05) is 10.0 Å². The highest BCUT2D eigenvalue weighted by atomic mass is 35.5. The molecule has 1 amide bonds. The third kappa shape index (κ3) is 7.86. The first-order valence-corrected chi connectivity index (χ1v) is 6.61. The molecule has 5 nitrogen and oxygen atoms in total. The molecule has 0 aliphatic rings. The zero-order valence-electron chi connectivity index (χ0n) is 11.4. The van der Waals surface area contributed by atoms with Crippen LogP contribution in [0.5, 0.6) is 0 Å². The Hall–Kier alpha value is -1.46. The second-order valence-corrected chi connectivity index (χ2v) is 4.66. The molecule has 0 aliphatic carbocycles. The Bertz CT molecular complexity index is 466. The molecule has 0 aliphatic heterocycles. The first-order chi connectivity index (χ1) is 9.27. The number of amides is 1. The lowest BCUT2D eigenvalue weighted by Gasteiger charge is -2.07.